The SMILES string of the molecule is CCCCC(NCC1(C)CCC1)c1ccc(F)cc1. The summed E-state index contributed by atoms with van der Waals surface area (Å²) in [6, 6.07) is 7.36. The first-order valence-corrected chi connectivity index (χ1v) is 7.62. The van der Waals surface area contributed by atoms with Crippen LogP contribution >= 0.6 is 0 Å². The van der Waals surface area contributed by atoms with E-state index in [2.05, 4.69) is 19.2 Å². The van der Waals surface area contributed by atoms with E-state index in [1.54, 1.807) is 12.1 Å². The zero-order valence-electron chi connectivity index (χ0n) is 12.2. The van der Waals surface area contributed by atoms with Gasteiger partial charge in [0.25, 0.3) is 0 Å². The van der Waals surface area contributed by atoms with Gasteiger partial charge in [0.05, 0.1) is 0 Å². The summed E-state index contributed by atoms with van der Waals surface area (Å²) in [5.41, 5.74) is 1.71. The highest BCUT2D eigenvalue weighted by Crippen LogP contribution is 2.40. The lowest BCUT2D eigenvalue weighted by molar-refractivity contribution is 0.149. The first-order chi connectivity index (χ1) is 9.13. The second-order valence-corrected chi connectivity index (χ2v) is 6.29. The van der Waals surface area contributed by atoms with Gasteiger partial charge in [0.1, 0.15) is 5.82 Å². The number of hydrogen-bond donors (Lipinski definition) is 1. The van der Waals surface area contributed by atoms with Crippen LogP contribution in [-0.4, -0.2) is 6.54 Å². The summed E-state index contributed by atoms with van der Waals surface area (Å²) in [5, 5.41) is 3.71. The Hall–Kier alpha value is -0.890. The molecule has 0 saturated heterocycles. The van der Waals surface area contributed by atoms with Crippen LogP contribution in [0.2, 0.25) is 0 Å². The predicted molar refractivity (Wildman–Crippen MR) is 78.6 cm³/mol. The van der Waals surface area contributed by atoms with Crippen LogP contribution in [0.1, 0.15) is 64.0 Å². The third-order valence-electron chi connectivity index (χ3n) is 4.45. The Kier molecular flexibility index (Phi) is 4.98. The summed E-state index contributed by atoms with van der Waals surface area (Å²) in [6.07, 6.45) is 7.60. The fourth-order valence-corrected chi connectivity index (χ4v) is 2.82. The van der Waals surface area contributed by atoms with E-state index in [0.717, 1.165) is 13.0 Å². The Morgan fingerprint density at radius 2 is 1.95 bits per heavy atom. The minimum Gasteiger partial charge on any atom is -0.309 e. The van der Waals surface area contributed by atoms with Crippen molar-refractivity contribution in [2.24, 2.45) is 5.41 Å². The monoisotopic (exact) mass is 263 g/mol. The zero-order chi connectivity index (χ0) is 13.7. The summed E-state index contributed by atoms with van der Waals surface area (Å²) in [6.45, 7) is 5.67. The Morgan fingerprint density at radius 1 is 1.26 bits per heavy atom. The molecule has 1 unspecified atom stereocenters. The van der Waals surface area contributed by atoms with Gasteiger partial charge in [-0.2, -0.15) is 0 Å². The van der Waals surface area contributed by atoms with Gasteiger partial charge < -0.3 is 5.32 Å². The molecule has 0 heterocycles. The van der Waals surface area contributed by atoms with Crippen LogP contribution < -0.4 is 5.32 Å². The van der Waals surface area contributed by atoms with Gasteiger partial charge in [0.15, 0.2) is 0 Å². The molecule has 1 aromatic carbocycles. The van der Waals surface area contributed by atoms with E-state index < -0.39 is 0 Å². The molecule has 0 aromatic heterocycles. The molecule has 0 amide bonds. The van der Waals surface area contributed by atoms with Gasteiger partial charge in [0, 0.05) is 12.6 Å². The molecule has 1 aliphatic carbocycles. The highest BCUT2D eigenvalue weighted by Gasteiger charge is 2.31. The van der Waals surface area contributed by atoms with E-state index in [1.165, 1.54) is 37.7 Å². The summed E-state index contributed by atoms with van der Waals surface area (Å²) in [5.74, 6) is -0.149. The normalized spacial score (nSPS) is 18.9. The first kappa shape index (κ1) is 14.5. The molecule has 0 spiro atoms. The van der Waals surface area contributed by atoms with Crippen molar-refractivity contribution in [3.63, 3.8) is 0 Å². The van der Waals surface area contributed by atoms with Crippen molar-refractivity contribution in [3.8, 4) is 0 Å². The van der Waals surface area contributed by atoms with Crippen molar-refractivity contribution in [1.29, 1.82) is 0 Å². The Morgan fingerprint density at radius 3 is 2.47 bits per heavy atom. The number of rotatable bonds is 7. The van der Waals surface area contributed by atoms with Crippen LogP contribution in [0.5, 0.6) is 0 Å². The summed E-state index contributed by atoms with van der Waals surface area (Å²) < 4.78 is 13.0. The molecule has 106 valence electrons. The average Bonchev–Trinajstić information content (AvgIpc) is 2.38. The Bertz CT molecular complexity index is 381. The van der Waals surface area contributed by atoms with Crippen molar-refractivity contribution in [2.75, 3.05) is 6.54 Å². The van der Waals surface area contributed by atoms with Crippen molar-refractivity contribution >= 4 is 0 Å². The van der Waals surface area contributed by atoms with Crippen LogP contribution in [0.25, 0.3) is 0 Å². The number of benzene rings is 1. The average molecular weight is 263 g/mol. The third-order valence-corrected chi connectivity index (χ3v) is 4.45. The molecule has 1 atom stereocenters. The molecular weight excluding hydrogens is 237 g/mol. The van der Waals surface area contributed by atoms with E-state index in [0.29, 0.717) is 11.5 Å². The van der Waals surface area contributed by atoms with Crippen LogP contribution in [0, 0.1) is 11.2 Å². The fraction of sp³-hybridized carbons (Fsp3) is 0.647. The van der Waals surface area contributed by atoms with Crippen LogP contribution in [0.4, 0.5) is 4.39 Å². The highest BCUT2D eigenvalue weighted by molar-refractivity contribution is 5.20. The summed E-state index contributed by atoms with van der Waals surface area (Å²) in [4.78, 5) is 0. The van der Waals surface area contributed by atoms with Gasteiger partial charge in [-0.15, -0.1) is 0 Å². The van der Waals surface area contributed by atoms with E-state index in [4.69, 9.17) is 0 Å². The molecule has 0 bridgehead atoms. The van der Waals surface area contributed by atoms with Gasteiger partial charge in [-0.3, -0.25) is 0 Å². The lowest BCUT2D eigenvalue weighted by atomic mass is 9.70. The Balaban J connectivity index is 1.96. The Labute approximate surface area is 116 Å². The van der Waals surface area contributed by atoms with Crippen LogP contribution in [0.15, 0.2) is 24.3 Å². The van der Waals surface area contributed by atoms with Gasteiger partial charge in [-0.05, 0) is 42.4 Å². The second kappa shape index (κ2) is 6.51. The maximum Gasteiger partial charge on any atom is 0.123 e. The lowest BCUT2D eigenvalue weighted by Crippen LogP contribution is -2.38. The van der Waals surface area contributed by atoms with Crippen LogP contribution in [-0.2, 0) is 0 Å². The summed E-state index contributed by atoms with van der Waals surface area (Å²) >= 11 is 0. The molecule has 1 fully saturated rings. The summed E-state index contributed by atoms with van der Waals surface area (Å²) in [7, 11) is 0. The molecule has 2 heteroatoms. The molecule has 2 rings (SSSR count). The quantitative estimate of drug-likeness (QED) is 0.742. The topological polar surface area (TPSA) is 12.0 Å². The molecule has 1 saturated carbocycles. The van der Waals surface area contributed by atoms with Crippen molar-refractivity contribution in [3.05, 3.63) is 35.6 Å². The standard InChI is InChI=1S/C17H26FN/c1-3-4-6-16(14-7-9-15(18)10-8-14)19-13-17(2)11-5-12-17/h7-10,16,19H,3-6,11-13H2,1-2H3. The van der Waals surface area contributed by atoms with Crippen molar-refractivity contribution in [2.45, 2.75) is 58.4 Å². The van der Waals surface area contributed by atoms with Gasteiger partial charge in [-0.25, -0.2) is 4.39 Å². The third kappa shape index (κ3) is 4.04. The highest BCUT2D eigenvalue weighted by atomic mass is 19.1. The predicted octanol–water partition coefficient (Wildman–Crippen LogP) is 4.84. The zero-order valence-corrected chi connectivity index (χ0v) is 12.2. The number of unbranched alkanes of at least 4 members (excludes halogenated alkanes) is 1. The molecule has 0 radical (unpaired) electrons. The molecule has 1 N–H and O–H groups in total. The number of hydrogen-bond acceptors (Lipinski definition) is 1. The molecule has 1 aromatic rings. The molecule has 0 aliphatic heterocycles. The van der Waals surface area contributed by atoms with E-state index in [1.807, 2.05) is 12.1 Å². The minimum absolute atomic E-state index is 0.149. The molecular formula is C17H26FN. The number of halogens is 1. The molecule has 1 aliphatic rings. The van der Waals surface area contributed by atoms with E-state index >= 15 is 0 Å². The maximum atomic E-state index is 13.0. The van der Waals surface area contributed by atoms with E-state index in [-0.39, 0.29) is 5.82 Å². The molecule has 19 heavy (non-hydrogen) atoms. The number of nitrogens with one attached hydrogen (secondary N) is 1. The second-order valence-electron chi connectivity index (χ2n) is 6.29. The van der Waals surface area contributed by atoms with Gasteiger partial charge in [-0.1, -0.05) is 45.2 Å². The van der Waals surface area contributed by atoms with Crippen molar-refractivity contribution in [1.82, 2.24) is 5.32 Å². The van der Waals surface area contributed by atoms with Crippen LogP contribution in [0.3, 0.4) is 0 Å². The molecule has 1 nitrogen and oxygen atoms in total. The fourth-order valence-electron chi connectivity index (χ4n) is 2.82. The van der Waals surface area contributed by atoms with E-state index in [9.17, 15) is 4.39 Å². The van der Waals surface area contributed by atoms with Crippen molar-refractivity contribution < 1.29 is 4.39 Å². The smallest absolute Gasteiger partial charge is 0.123 e. The lowest BCUT2D eigenvalue weighted by Gasteiger charge is -2.40. The minimum atomic E-state index is -0.149. The first-order valence-electron chi connectivity index (χ1n) is 7.62. The largest absolute Gasteiger partial charge is 0.309 e. The van der Waals surface area contributed by atoms with Gasteiger partial charge in [0.2, 0.25) is 0 Å². The van der Waals surface area contributed by atoms with Gasteiger partial charge >= 0.3 is 0 Å². The maximum absolute atomic E-state index is 13.0.